The minimum Gasteiger partial charge on any atom is -0.481 e. The average Bonchev–Trinajstić information content (AvgIpc) is 2.40. The molecule has 0 spiro atoms. The van der Waals surface area contributed by atoms with Crippen molar-refractivity contribution >= 4 is 15.8 Å². The highest BCUT2D eigenvalue weighted by atomic mass is 32.2. The van der Waals surface area contributed by atoms with Gasteiger partial charge in [-0.05, 0) is 26.3 Å². The fourth-order valence-corrected chi connectivity index (χ4v) is 3.28. The molecule has 0 saturated carbocycles. The first-order chi connectivity index (χ1) is 7.79. The van der Waals surface area contributed by atoms with Crippen LogP contribution in [0.1, 0.15) is 26.7 Å². The van der Waals surface area contributed by atoms with E-state index in [9.17, 15) is 18.3 Å². The molecule has 0 bridgehead atoms. The van der Waals surface area contributed by atoms with E-state index in [1.54, 1.807) is 6.92 Å². The van der Waals surface area contributed by atoms with Gasteiger partial charge in [-0.25, -0.2) is 8.42 Å². The monoisotopic (exact) mass is 263 g/mol. The molecule has 17 heavy (non-hydrogen) atoms. The molecule has 5 nitrogen and oxygen atoms in total. The van der Waals surface area contributed by atoms with Crippen LogP contribution in [0.4, 0.5) is 0 Å². The summed E-state index contributed by atoms with van der Waals surface area (Å²) >= 11 is 0. The molecule has 1 N–H and O–H groups in total. The summed E-state index contributed by atoms with van der Waals surface area (Å²) in [5.41, 5.74) is -0.784. The number of nitrogens with zero attached hydrogens (tertiary/aromatic N) is 1. The molecule has 6 heteroatoms. The fourth-order valence-electron chi connectivity index (χ4n) is 1.97. The molecule has 1 heterocycles. The third kappa shape index (κ3) is 3.96. The highest BCUT2D eigenvalue weighted by molar-refractivity contribution is 7.91. The Morgan fingerprint density at radius 1 is 1.35 bits per heavy atom. The van der Waals surface area contributed by atoms with Gasteiger partial charge in [0.05, 0.1) is 16.9 Å². The summed E-state index contributed by atoms with van der Waals surface area (Å²) in [6.07, 6.45) is 1.15. The Balaban J connectivity index is 2.66. The molecular formula is C11H21NO4S. The van der Waals surface area contributed by atoms with Gasteiger partial charge >= 0.3 is 5.97 Å². The lowest BCUT2D eigenvalue weighted by atomic mass is 9.87. The molecule has 0 amide bonds. The maximum absolute atomic E-state index is 11.4. The van der Waals surface area contributed by atoms with Crippen molar-refractivity contribution in [3.8, 4) is 0 Å². The summed E-state index contributed by atoms with van der Waals surface area (Å²) in [7, 11) is -2.92. The number of hydrogen-bond donors (Lipinski definition) is 1. The van der Waals surface area contributed by atoms with Gasteiger partial charge in [0.1, 0.15) is 0 Å². The predicted octanol–water partition coefficient (Wildman–Crippen LogP) is 0.608. The number of carbonyl (C=O) groups is 1. The lowest BCUT2D eigenvalue weighted by molar-refractivity contribution is -0.149. The highest BCUT2D eigenvalue weighted by Crippen LogP contribution is 2.23. The predicted molar refractivity (Wildman–Crippen MR) is 65.7 cm³/mol. The number of sulfone groups is 1. The second kappa shape index (κ2) is 5.35. The summed E-state index contributed by atoms with van der Waals surface area (Å²) < 4.78 is 22.9. The number of rotatable bonds is 4. The Hall–Kier alpha value is -0.620. The standard InChI is InChI=1S/C11H21NO4S/c1-3-11(2,10(13)14)9-12-5-4-7-17(15,16)8-6-12/h3-9H2,1-2H3,(H,13,14). The van der Waals surface area contributed by atoms with Crippen molar-refractivity contribution in [2.24, 2.45) is 5.41 Å². The largest absolute Gasteiger partial charge is 0.481 e. The fraction of sp³-hybridized carbons (Fsp3) is 0.909. The van der Waals surface area contributed by atoms with Crippen molar-refractivity contribution < 1.29 is 18.3 Å². The molecule has 0 radical (unpaired) electrons. The van der Waals surface area contributed by atoms with E-state index >= 15 is 0 Å². The zero-order valence-electron chi connectivity index (χ0n) is 10.5. The van der Waals surface area contributed by atoms with E-state index in [1.165, 1.54) is 0 Å². The van der Waals surface area contributed by atoms with E-state index in [-0.39, 0.29) is 11.5 Å². The van der Waals surface area contributed by atoms with Crippen molar-refractivity contribution in [2.45, 2.75) is 26.7 Å². The van der Waals surface area contributed by atoms with Crippen LogP contribution in [0.3, 0.4) is 0 Å². The van der Waals surface area contributed by atoms with E-state index in [0.29, 0.717) is 32.5 Å². The number of aliphatic carboxylic acids is 1. The van der Waals surface area contributed by atoms with Crippen LogP contribution in [-0.2, 0) is 14.6 Å². The van der Waals surface area contributed by atoms with Gasteiger partial charge in [-0.3, -0.25) is 4.79 Å². The molecule has 100 valence electrons. The summed E-state index contributed by atoms with van der Waals surface area (Å²) in [5.74, 6) is -0.446. The third-order valence-corrected chi connectivity index (χ3v) is 5.23. The quantitative estimate of drug-likeness (QED) is 0.804. The summed E-state index contributed by atoms with van der Waals surface area (Å²) in [6.45, 7) is 5.11. The van der Waals surface area contributed by atoms with E-state index in [4.69, 9.17) is 0 Å². The smallest absolute Gasteiger partial charge is 0.310 e. The molecule has 0 aliphatic carbocycles. The average molecular weight is 263 g/mol. The molecule has 0 aromatic carbocycles. The number of carboxylic acid groups (broad SMARTS) is 1. The third-order valence-electron chi connectivity index (χ3n) is 3.52. The van der Waals surface area contributed by atoms with Crippen molar-refractivity contribution in [1.29, 1.82) is 0 Å². The first-order valence-corrected chi connectivity index (χ1v) is 7.77. The van der Waals surface area contributed by atoms with Crippen LogP contribution in [-0.4, -0.2) is 55.5 Å². The normalized spacial score (nSPS) is 24.8. The van der Waals surface area contributed by atoms with Crippen LogP contribution in [0.2, 0.25) is 0 Å². The van der Waals surface area contributed by atoms with Gasteiger partial charge in [-0.2, -0.15) is 0 Å². The SMILES string of the molecule is CCC(C)(CN1CCCS(=O)(=O)CC1)C(=O)O. The van der Waals surface area contributed by atoms with Gasteiger partial charge in [0, 0.05) is 13.1 Å². The first kappa shape index (κ1) is 14.4. The molecule has 1 rings (SSSR count). The summed E-state index contributed by atoms with van der Waals surface area (Å²) in [4.78, 5) is 13.2. The molecule has 0 aromatic rings. The minimum atomic E-state index is -2.92. The van der Waals surface area contributed by atoms with Crippen molar-refractivity contribution in [1.82, 2.24) is 4.90 Å². The number of hydrogen-bond acceptors (Lipinski definition) is 4. The lowest BCUT2D eigenvalue weighted by Gasteiger charge is -2.30. The molecule has 0 aromatic heterocycles. The van der Waals surface area contributed by atoms with Crippen molar-refractivity contribution in [2.75, 3.05) is 31.1 Å². The van der Waals surface area contributed by atoms with Gasteiger partial charge in [-0.1, -0.05) is 6.92 Å². The van der Waals surface area contributed by atoms with Crippen molar-refractivity contribution in [3.63, 3.8) is 0 Å². The van der Waals surface area contributed by atoms with Crippen molar-refractivity contribution in [3.05, 3.63) is 0 Å². The summed E-state index contributed by atoms with van der Waals surface area (Å²) in [6, 6.07) is 0. The second-order valence-corrected chi connectivity index (χ2v) is 7.30. The maximum Gasteiger partial charge on any atom is 0.310 e. The van der Waals surface area contributed by atoms with Crippen LogP contribution in [0.5, 0.6) is 0 Å². The Bertz CT molecular complexity index is 379. The zero-order chi connectivity index (χ0) is 13.1. The number of carboxylic acids is 1. The van der Waals surface area contributed by atoms with Crippen LogP contribution >= 0.6 is 0 Å². The van der Waals surface area contributed by atoms with E-state index in [2.05, 4.69) is 0 Å². The minimum absolute atomic E-state index is 0.145. The van der Waals surface area contributed by atoms with Crippen LogP contribution in [0.25, 0.3) is 0 Å². The van der Waals surface area contributed by atoms with Gasteiger partial charge < -0.3 is 10.0 Å². The van der Waals surface area contributed by atoms with E-state index in [1.807, 2.05) is 11.8 Å². The van der Waals surface area contributed by atoms with Crippen LogP contribution in [0.15, 0.2) is 0 Å². The Morgan fingerprint density at radius 2 is 2.00 bits per heavy atom. The highest BCUT2D eigenvalue weighted by Gasteiger charge is 2.34. The van der Waals surface area contributed by atoms with Crippen LogP contribution < -0.4 is 0 Å². The molecular weight excluding hydrogens is 242 g/mol. The second-order valence-electron chi connectivity index (χ2n) is 5.00. The van der Waals surface area contributed by atoms with E-state index in [0.717, 1.165) is 0 Å². The Morgan fingerprint density at radius 3 is 2.53 bits per heavy atom. The van der Waals surface area contributed by atoms with Gasteiger partial charge in [0.15, 0.2) is 9.84 Å². The topological polar surface area (TPSA) is 74.7 Å². The first-order valence-electron chi connectivity index (χ1n) is 5.95. The molecule has 1 atom stereocenters. The lowest BCUT2D eigenvalue weighted by Crippen LogP contribution is -2.42. The molecule has 1 fully saturated rings. The van der Waals surface area contributed by atoms with Gasteiger partial charge in [0.25, 0.3) is 0 Å². The maximum atomic E-state index is 11.4. The molecule has 1 unspecified atom stereocenters. The van der Waals surface area contributed by atoms with Gasteiger partial charge in [0.2, 0.25) is 0 Å². The Labute approximate surface area is 103 Å². The summed E-state index contributed by atoms with van der Waals surface area (Å²) in [5, 5.41) is 9.19. The van der Waals surface area contributed by atoms with Gasteiger partial charge in [-0.15, -0.1) is 0 Å². The van der Waals surface area contributed by atoms with E-state index < -0.39 is 21.2 Å². The molecule has 1 aliphatic rings. The molecule has 1 aliphatic heterocycles. The Kier molecular flexibility index (Phi) is 4.55. The molecule has 1 saturated heterocycles. The van der Waals surface area contributed by atoms with Crippen LogP contribution in [0, 0.1) is 5.41 Å². The zero-order valence-corrected chi connectivity index (χ0v) is 11.3.